The van der Waals surface area contributed by atoms with E-state index in [4.69, 9.17) is 27.7 Å². The molecule has 504 valence electrons. The molecule has 0 aromatic heterocycles. The number of nitrogens with one attached hydrogen (secondary N) is 2. The normalized spacial score (nSPS) is 10.3. The van der Waals surface area contributed by atoms with E-state index in [-0.39, 0.29) is 38.1 Å². The molecule has 0 atom stereocenters. The Balaban J connectivity index is -0.000000230. The lowest BCUT2D eigenvalue weighted by atomic mass is 9.84. The van der Waals surface area contributed by atoms with Gasteiger partial charge in [-0.15, -0.1) is 0 Å². The lowest BCUT2D eigenvalue weighted by molar-refractivity contribution is -0.384. The molecule has 21 heteroatoms. The van der Waals surface area contributed by atoms with Crippen molar-refractivity contribution in [1.29, 1.82) is 0 Å². The first-order valence-electron chi connectivity index (χ1n) is 34.4. The van der Waals surface area contributed by atoms with Crippen LogP contribution < -0.4 is 38.3 Å². The quantitative estimate of drug-likeness (QED) is 0.00732. The molecule has 1 aromatic rings. The van der Waals surface area contributed by atoms with Crippen LogP contribution in [0, 0.1) is 10.1 Å². The summed E-state index contributed by atoms with van der Waals surface area (Å²) >= 11 is 0. The SMILES string of the molecule is CCCCCCC(=O)NCCC.CCCCCCCN(CCC)B(C)O.CCCCCCCN(CCCC(=O)Oc1ccc([N+](=O)[O-])cc1)B(C)O.CCCCCCCN(CCN)B(C)O.CCCCCCCNCCC.CCCN.NCCN. The van der Waals surface area contributed by atoms with Gasteiger partial charge in [0.15, 0.2) is 0 Å². The van der Waals surface area contributed by atoms with Crippen LogP contribution in [0.25, 0.3) is 0 Å². The van der Waals surface area contributed by atoms with Crippen LogP contribution in [0.15, 0.2) is 24.3 Å². The Hall–Kier alpha value is -2.69. The van der Waals surface area contributed by atoms with Crippen molar-refractivity contribution < 1.29 is 34.3 Å². The van der Waals surface area contributed by atoms with Crippen LogP contribution in [-0.2, 0) is 9.59 Å². The number of unbranched alkanes of at least 4 members (excludes halogenated alkanes) is 19. The Bertz CT molecular complexity index is 1410. The summed E-state index contributed by atoms with van der Waals surface area (Å²) in [6.07, 6.45) is 36.4. The van der Waals surface area contributed by atoms with Gasteiger partial charge in [-0.25, -0.2) is 0 Å². The van der Waals surface area contributed by atoms with Crippen LogP contribution in [0.5, 0.6) is 5.75 Å². The second-order valence-electron chi connectivity index (χ2n) is 22.1. The number of carbonyl (C=O) groups excluding carboxylic acids is 2. The van der Waals surface area contributed by atoms with Crippen molar-refractivity contribution in [3.63, 3.8) is 0 Å². The van der Waals surface area contributed by atoms with Gasteiger partial charge in [-0.05, 0) is 149 Å². The van der Waals surface area contributed by atoms with Crippen LogP contribution in [0.4, 0.5) is 5.69 Å². The van der Waals surface area contributed by atoms with Gasteiger partial charge >= 0.3 is 27.1 Å². The van der Waals surface area contributed by atoms with Gasteiger partial charge in [0.25, 0.3) is 5.69 Å². The summed E-state index contributed by atoms with van der Waals surface area (Å²) < 4.78 is 5.17. The number of amides is 1. The Morgan fingerprint density at radius 1 is 0.447 bits per heavy atom. The first-order chi connectivity index (χ1) is 40.9. The maximum atomic E-state index is 11.9. The molecule has 85 heavy (non-hydrogen) atoms. The van der Waals surface area contributed by atoms with E-state index in [0.29, 0.717) is 44.8 Å². The van der Waals surface area contributed by atoms with Gasteiger partial charge in [0.05, 0.1) is 4.92 Å². The summed E-state index contributed by atoms with van der Waals surface area (Å²) in [6, 6.07) is 5.43. The molecule has 0 unspecified atom stereocenters. The number of carbonyl (C=O) groups is 2. The Morgan fingerprint density at radius 2 is 0.824 bits per heavy atom. The minimum Gasteiger partial charge on any atom is -0.437 e. The minimum atomic E-state index is -0.535. The molecule has 1 aromatic carbocycles. The molecule has 0 radical (unpaired) electrons. The lowest BCUT2D eigenvalue weighted by Crippen LogP contribution is -2.41. The summed E-state index contributed by atoms with van der Waals surface area (Å²) in [4.78, 5) is 39.2. The third-order valence-corrected chi connectivity index (χ3v) is 13.4. The summed E-state index contributed by atoms with van der Waals surface area (Å²) in [7, 11) is -1.17. The van der Waals surface area contributed by atoms with E-state index in [1.165, 1.54) is 179 Å². The zero-order chi connectivity index (χ0) is 65.4. The number of nitrogens with zero attached hydrogens (tertiary/aromatic N) is 4. The van der Waals surface area contributed by atoms with E-state index >= 15 is 0 Å². The topological polar surface area (TPSA) is 285 Å². The van der Waals surface area contributed by atoms with Gasteiger partial charge in [-0.2, -0.15) is 0 Å². The van der Waals surface area contributed by atoms with Crippen molar-refractivity contribution in [3.05, 3.63) is 34.4 Å². The van der Waals surface area contributed by atoms with Gasteiger partial charge < -0.3 is 67.8 Å². The molecule has 0 fully saturated rings. The van der Waals surface area contributed by atoms with E-state index in [2.05, 4.69) is 77.8 Å². The van der Waals surface area contributed by atoms with E-state index in [1.807, 2.05) is 23.3 Å². The van der Waals surface area contributed by atoms with Crippen molar-refractivity contribution in [2.45, 2.75) is 282 Å². The third kappa shape index (κ3) is 79.3. The number of esters is 1. The predicted octanol–water partition coefficient (Wildman–Crippen LogP) is 12.5. The number of benzene rings is 1. The second kappa shape index (κ2) is 79.3. The van der Waals surface area contributed by atoms with Gasteiger partial charge in [-0.1, -0.05) is 184 Å². The molecule has 0 spiro atoms. The molecule has 0 saturated carbocycles. The van der Waals surface area contributed by atoms with Crippen LogP contribution in [0.2, 0.25) is 20.5 Å². The highest BCUT2D eigenvalue weighted by atomic mass is 16.6. The van der Waals surface area contributed by atoms with E-state index in [1.54, 1.807) is 6.82 Å². The second-order valence-corrected chi connectivity index (χ2v) is 22.1. The fraction of sp³-hybridized carbons (Fsp3) is 0.875. The van der Waals surface area contributed by atoms with Crippen molar-refractivity contribution in [3.8, 4) is 5.75 Å². The third-order valence-electron chi connectivity index (χ3n) is 13.4. The van der Waals surface area contributed by atoms with Crippen LogP contribution in [0.1, 0.15) is 261 Å². The van der Waals surface area contributed by atoms with Crippen LogP contribution >= 0.6 is 0 Å². The maximum absolute atomic E-state index is 11.9. The highest BCUT2D eigenvalue weighted by Gasteiger charge is 2.17. The highest BCUT2D eigenvalue weighted by molar-refractivity contribution is 6.45. The number of rotatable bonds is 48. The van der Waals surface area contributed by atoms with E-state index in [0.717, 1.165) is 84.3 Å². The number of hydrogen-bond donors (Lipinski definition) is 9. The first-order valence-corrected chi connectivity index (χ1v) is 34.4. The molecule has 18 nitrogen and oxygen atoms in total. The number of nitrogens with two attached hydrogens (primary N) is 4. The zero-order valence-electron chi connectivity index (χ0n) is 57.6. The summed E-state index contributed by atoms with van der Waals surface area (Å²) in [5.41, 5.74) is 20.3. The Labute approximate surface area is 525 Å². The number of ether oxygens (including phenoxy) is 1. The standard InChI is InChI=1S/C18H29BN2O5.C11H26BNO.C10H25BN2O.C10H21NO.C10H23N.C3H9N.C2H8N2/c1-3-4-5-6-7-14-20(19(2)23)15-8-9-18(22)26-17-12-10-16(11-13-17)21(24)25;1-4-6-7-8-9-11-13(10-5-2)12(3)14;1-3-4-5-6-7-9-13(10-8-12)11(2)14;1-3-5-6-7-8-10(12)11-9-4-2;1-3-5-6-7-8-10-11-9-4-2;1-2-3-4;3-1-2-4/h10-13,23H,3-9,14-15H2,1-2H3;14H,4-11H2,1-3H3;14H,3-10,12H2,1-2H3;3-9H2,1-2H3,(H,11,12);11H,3-10H2,1-2H3;2-4H2,1H3;1-4H2. The van der Waals surface area contributed by atoms with Crippen LogP contribution in [-0.4, -0.2) is 153 Å². The molecule has 1 rings (SSSR count). The molecule has 0 aliphatic carbocycles. The maximum Gasteiger partial charge on any atom is 0.376 e. The van der Waals surface area contributed by atoms with Gasteiger partial charge in [0.2, 0.25) is 5.91 Å². The van der Waals surface area contributed by atoms with Crippen molar-refractivity contribution in [2.24, 2.45) is 22.9 Å². The molecule has 13 N–H and O–H groups in total. The van der Waals surface area contributed by atoms with E-state index < -0.39 is 12.0 Å². The average Bonchev–Trinajstić information content (AvgIpc) is 3.50. The molecular weight excluding hydrogens is 1070 g/mol. The summed E-state index contributed by atoms with van der Waals surface area (Å²) in [5.74, 6) is 0.129. The van der Waals surface area contributed by atoms with Crippen molar-refractivity contribution in [2.75, 3.05) is 85.1 Å². The largest absolute Gasteiger partial charge is 0.437 e. The number of nitro groups is 1. The highest BCUT2D eigenvalue weighted by Crippen LogP contribution is 2.18. The molecule has 1 amide bonds. The van der Waals surface area contributed by atoms with Crippen molar-refractivity contribution in [1.82, 2.24) is 25.1 Å². The molecule has 0 heterocycles. The molecule has 0 aliphatic rings. The minimum absolute atomic E-state index is 0.0451. The summed E-state index contributed by atoms with van der Waals surface area (Å²) in [5, 5.41) is 45.6. The molecular formula is C64H141B3N10O8. The number of nitro benzene ring substituents is 1. The lowest BCUT2D eigenvalue weighted by Gasteiger charge is -2.22. The van der Waals surface area contributed by atoms with Crippen molar-refractivity contribution >= 4 is 38.7 Å². The zero-order valence-corrected chi connectivity index (χ0v) is 57.6. The smallest absolute Gasteiger partial charge is 0.376 e. The average molecular weight is 1210 g/mol. The molecule has 0 saturated heterocycles. The fourth-order valence-corrected chi connectivity index (χ4v) is 8.13. The predicted molar refractivity (Wildman–Crippen MR) is 371 cm³/mol. The monoisotopic (exact) mass is 1210 g/mol. The molecule has 0 bridgehead atoms. The first kappa shape index (κ1) is 93.5. The van der Waals surface area contributed by atoms with Gasteiger partial charge in [0, 0.05) is 57.7 Å². The van der Waals surface area contributed by atoms with Gasteiger partial charge in [0.1, 0.15) is 5.75 Å². The van der Waals surface area contributed by atoms with E-state index in [9.17, 15) is 34.8 Å². The fourth-order valence-electron chi connectivity index (χ4n) is 8.13. The Kier molecular flexibility index (Phi) is 87.2. The Morgan fingerprint density at radius 3 is 1.18 bits per heavy atom. The number of hydrogen-bond acceptors (Lipinski definition) is 16. The summed E-state index contributed by atoms with van der Waals surface area (Å²) in [6.45, 7) is 36.1. The van der Waals surface area contributed by atoms with Crippen LogP contribution in [0.3, 0.4) is 0 Å². The number of non-ortho nitro benzene ring substituents is 1. The van der Waals surface area contributed by atoms with Gasteiger partial charge in [-0.3, -0.25) is 19.7 Å². The molecule has 0 aliphatic heterocycles.